The van der Waals surface area contributed by atoms with E-state index in [2.05, 4.69) is 4.98 Å². The van der Waals surface area contributed by atoms with Crippen molar-refractivity contribution in [2.24, 2.45) is 0 Å². The minimum absolute atomic E-state index is 0.0106. The van der Waals surface area contributed by atoms with Crippen LogP contribution in [0.2, 0.25) is 0 Å². The molecule has 0 unspecified atom stereocenters. The van der Waals surface area contributed by atoms with Crippen molar-refractivity contribution in [3.05, 3.63) is 31.1 Å². The molecule has 0 saturated carbocycles. The zero-order valence-corrected chi connectivity index (χ0v) is 9.31. The number of alkyl halides is 2. The average molecular weight is 330 g/mol. The van der Waals surface area contributed by atoms with Crippen molar-refractivity contribution < 1.29 is 18.8 Å². The van der Waals surface area contributed by atoms with Crippen molar-refractivity contribution >= 4 is 28.3 Å². The summed E-state index contributed by atoms with van der Waals surface area (Å²) in [5.74, 6) is 0. The lowest BCUT2D eigenvalue weighted by atomic mass is 10.2. The Morgan fingerprint density at radius 2 is 2.27 bits per heavy atom. The average Bonchev–Trinajstić information content (AvgIpc) is 2.16. The molecular formula is C7H5F2IN2O3. The lowest BCUT2D eigenvalue weighted by Crippen LogP contribution is -2.04. The summed E-state index contributed by atoms with van der Waals surface area (Å²) in [6.07, 6.45) is -3.03. The third-order valence-electron chi connectivity index (χ3n) is 1.61. The second kappa shape index (κ2) is 4.75. The van der Waals surface area contributed by atoms with Crippen LogP contribution < -0.4 is 0 Å². The van der Waals surface area contributed by atoms with Gasteiger partial charge >= 0.3 is 0 Å². The van der Waals surface area contributed by atoms with Crippen LogP contribution in [0.3, 0.4) is 0 Å². The number of aliphatic hydroxyl groups excluding tert-OH is 1. The van der Waals surface area contributed by atoms with Crippen molar-refractivity contribution in [3.63, 3.8) is 0 Å². The molecule has 0 atom stereocenters. The van der Waals surface area contributed by atoms with E-state index < -0.39 is 29.3 Å². The Morgan fingerprint density at radius 3 is 2.67 bits per heavy atom. The first-order valence-corrected chi connectivity index (χ1v) is 4.78. The predicted molar refractivity (Wildman–Crippen MR) is 54.5 cm³/mol. The number of pyridine rings is 1. The van der Waals surface area contributed by atoms with E-state index in [1.807, 2.05) is 0 Å². The van der Waals surface area contributed by atoms with Crippen LogP contribution in [0.5, 0.6) is 0 Å². The van der Waals surface area contributed by atoms with E-state index >= 15 is 0 Å². The maximum Gasteiger partial charge on any atom is 0.297 e. The van der Waals surface area contributed by atoms with Crippen molar-refractivity contribution in [2.75, 3.05) is 0 Å². The fraction of sp³-hybridized carbons (Fsp3) is 0.286. The Bertz CT molecular complexity index is 400. The van der Waals surface area contributed by atoms with Crippen molar-refractivity contribution in [1.82, 2.24) is 4.98 Å². The predicted octanol–water partition coefficient (Wildman–Crippen LogP) is 2.02. The van der Waals surface area contributed by atoms with E-state index in [1.54, 1.807) is 22.6 Å². The van der Waals surface area contributed by atoms with Crippen molar-refractivity contribution in [2.45, 2.75) is 13.0 Å². The number of rotatable bonds is 3. The molecule has 0 radical (unpaired) electrons. The van der Waals surface area contributed by atoms with E-state index in [0.29, 0.717) is 0 Å². The quantitative estimate of drug-likeness (QED) is 0.523. The number of nitro groups is 1. The van der Waals surface area contributed by atoms with E-state index in [-0.39, 0.29) is 9.26 Å². The largest absolute Gasteiger partial charge is 0.390 e. The van der Waals surface area contributed by atoms with Crippen LogP contribution >= 0.6 is 22.6 Å². The van der Waals surface area contributed by atoms with Crippen molar-refractivity contribution in [1.29, 1.82) is 0 Å². The fourth-order valence-corrected chi connectivity index (χ4v) is 1.54. The van der Waals surface area contributed by atoms with Gasteiger partial charge < -0.3 is 5.11 Å². The van der Waals surface area contributed by atoms with Gasteiger partial charge in [0.1, 0.15) is 0 Å². The molecule has 8 heteroatoms. The molecular weight excluding hydrogens is 325 g/mol. The maximum atomic E-state index is 12.4. The molecule has 0 aliphatic heterocycles. The van der Waals surface area contributed by atoms with E-state index in [9.17, 15) is 18.9 Å². The topological polar surface area (TPSA) is 76.3 Å². The highest BCUT2D eigenvalue weighted by Gasteiger charge is 2.25. The molecule has 0 fully saturated rings. The number of aromatic nitrogens is 1. The summed E-state index contributed by atoms with van der Waals surface area (Å²) in [6, 6.07) is 0.973. The van der Waals surface area contributed by atoms with Gasteiger partial charge in [0.2, 0.25) is 0 Å². The monoisotopic (exact) mass is 330 g/mol. The summed E-state index contributed by atoms with van der Waals surface area (Å²) in [6.45, 7) is -0.532. The Hall–Kier alpha value is -0.900. The second-order valence-electron chi connectivity index (χ2n) is 2.54. The molecule has 0 aromatic carbocycles. The van der Waals surface area contributed by atoms with Crippen LogP contribution in [-0.4, -0.2) is 15.0 Å². The second-order valence-corrected chi connectivity index (χ2v) is 3.70. The van der Waals surface area contributed by atoms with Crippen LogP contribution in [0.1, 0.15) is 17.8 Å². The van der Waals surface area contributed by atoms with Gasteiger partial charge in [-0.25, -0.2) is 13.8 Å². The SMILES string of the molecule is O=[N+]([O-])c1cc(I)c(CO)nc1C(F)F. The van der Waals surface area contributed by atoms with Gasteiger partial charge in [-0.2, -0.15) is 0 Å². The first-order chi connectivity index (χ1) is 6.97. The van der Waals surface area contributed by atoms with Crippen molar-refractivity contribution in [3.8, 4) is 0 Å². The molecule has 0 amide bonds. The molecule has 1 N–H and O–H groups in total. The zero-order chi connectivity index (χ0) is 11.6. The minimum Gasteiger partial charge on any atom is -0.390 e. The summed E-state index contributed by atoms with van der Waals surface area (Å²) in [5, 5.41) is 19.2. The molecule has 0 saturated heterocycles. The van der Waals surface area contributed by atoms with Crippen LogP contribution in [0, 0.1) is 13.7 Å². The smallest absolute Gasteiger partial charge is 0.297 e. The number of aliphatic hydroxyl groups is 1. The summed E-state index contributed by atoms with van der Waals surface area (Å²) in [4.78, 5) is 12.9. The van der Waals surface area contributed by atoms with Gasteiger partial charge in [0.15, 0.2) is 5.69 Å². The number of hydrogen-bond acceptors (Lipinski definition) is 4. The van der Waals surface area contributed by atoms with Gasteiger partial charge in [-0.1, -0.05) is 0 Å². The molecule has 0 bridgehead atoms. The summed E-state index contributed by atoms with van der Waals surface area (Å²) in [5.41, 5.74) is -1.63. The molecule has 0 aliphatic carbocycles. The minimum atomic E-state index is -3.03. The molecule has 15 heavy (non-hydrogen) atoms. The zero-order valence-electron chi connectivity index (χ0n) is 7.15. The first kappa shape index (κ1) is 12.2. The van der Waals surface area contributed by atoms with Gasteiger partial charge in [-0.3, -0.25) is 10.1 Å². The lowest BCUT2D eigenvalue weighted by molar-refractivity contribution is -0.386. The van der Waals surface area contributed by atoms with Gasteiger partial charge in [0.05, 0.1) is 17.2 Å². The Kier molecular flexibility index (Phi) is 3.85. The summed E-state index contributed by atoms with van der Waals surface area (Å²) in [7, 11) is 0. The Labute approximate surface area is 96.4 Å². The van der Waals surface area contributed by atoms with E-state index in [0.717, 1.165) is 6.07 Å². The van der Waals surface area contributed by atoms with Gasteiger partial charge in [0.25, 0.3) is 12.1 Å². The molecule has 0 aliphatic rings. The maximum absolute atomic E-state index is 12.4. The molecule has 1 aromatic heterocycles. The normalized spacial score (nSPS) is 10.7. The van der Waals surface area contributed by atoms with Crippen LogP contribution in [0.25, 0.3) is 0 Å². The van der Waals surface area contributed by atoms with Crippen LogP contribution in [-0.2, 0) is 6.61 Å². The summed E-state index contributed by atoms with van der Waals surface area (Å²) < 4.78 is 25.1. The highest BCUT2D eigenvalue weighted by atomic mass is 127. The first-order valence-electron chi connectivity index (χ1n) is 3.70. The fourth-order valence-electron chi connectivity index (χ4n) is 0.951. The molecule has 0 spiro atoms. The van der Waals surface area contributed by atoms with Gasteiger partial charge in [-0.15, -0.1) is 0 Å². The number of nitrogens with zero attached hydrogens (tertiary/aromatic N) is 2. The summed E-state index contributed by atoms with van der Waals surface area (Å²) >= 11 is 1.69. The van der Waals surface area contributed by atoms with E-state index in [4.69, 9.17) is 5.11 Å². The third-order valence-corrected chi connectivity index (χ3v) is 2.54. The third kappa shape index (κ3) is 2.56. The van der Waals surface area contributed by atoms with E-state index in [1.165, 1.54) is 0 Å². The molecule has 5 nitrogen and oxygen atoms in total. The van der Waals surface area contributed by atoms with Gasteiger partial charge in [-0.05, 0) is 22.6 Å². The standard InChI is InChI=1S/C7H5F2IN2O3/c8-7(9)6-5(12(14)15)1-3(10)4(2-13)11-6/h1,7,13H,2H2. The number of hydrogen-bond donors (Lipinski definition) is 1. The number of halogens is 3. The lowest BCUT2D eigenvalue weighted by Gasteiger charge is -2.05. The highest BCUT2D eigenvalue weighted by molar-refractivity contribution is 14.1. The Morgan fingerprint density at radius 1 is 1.67 bits per heavy atom. The van der Waals surface area contributed by atoms with Gasteiger partial charge in [0, 0.05) is 9.64 Å². The highest BCUT2D eigenvalue weighted by Crippen LogP contribution is 2.29. The Balaban J connectivity index is 3.38. The van der Waals surface area contributed by atoms with Crippen LogP contribution in [0.15, 0.2) is 6.07 Å². The molecule has 1 heterocycles. The van der Waals surface area contributed by atoms with Crippen LogP contribution in [0.4, 0.5) is 14.5 Å². The molecule has 1 aromatic rings. The molecule has 1 rings (SSSR count). The molecule has 82 valence electrons.